The lowest BCUT2D eigenvalue weighted by molar-refractivity contribution is -0.156. The Morgan fingerprint density at radius 3 is 1.48 bits per heavy atom. The highest BCUT2D eigenvalue weighted by atomic mass is 16.6. The Labute approximate surface area is 287 Å². The van der Waals surface area contributed by atoms with Crippen molar-refractivity contribution in [2.75, 3.05) is 41.9 Å². The minimum Gasteiger partial charge on any atom is -0.462 e. The first kappa shape index (κ1) is 33.7. The second kappa shape index (κ2) is 13.7. The predicted molar refractivity (Wildman–Crippen MR) is 186 cm³/mol. The van der Waals surface area contributed by atoms with E-state index in [9.17, 15) is 19.2 Å². The summed E-state index contributed by atoms with van der Waals surface area (Å²) in [5, 5.41) is 0. The molecule has 50 heavy (non-hydrogen) atoms. The Bertz CT molecular complexity index is 1840. The zero-order valence-corrected chi connectivity index (χ0v) is 27.2. The molecule has 2 aliphatic carbocycles. The molecule has 0 bridgehead atoms. The van der Waals surface area contributed by atoms with E-state index in [-0.39, 0.29) is 70.9 Å². The van der Waals surface area contributed by atoms with Gasteiger partial charge in [-0.3, -0.25) is 0 Å². The van der Waals surface area contributed by atoms with Gasteiger partial charge in [0.25, 0.3) is 0 Å². The number of ether oxygens (including phenoxy) is 4. The Morgan fingerprint density at radius 2 is 1.02 bits per heavy atom. The van der Waals surface area contributed by atoms with Gasteiger partial charge in [-0.1, -0.05) is 60.7 Å². The quantitative estimate of drug-likeness (QED) is 0.0680. The van der Waals surface area contributed by atoms with Crippen LogP contribution in [-0.2, 0) is 19.1 Å². The molecule has 258 valence electrons. The fourth-order valence-electron chi connectivity index (χ4n) is 6.05. The Kier molecular flexibility index (Phi) is 9.23. The molecule has 4 unspecified atom stereocenters. The van der Waals surface area contributed by atoms with E-state index in [1.807, 2.05) is 60.7 Å². The van der Waals surface area contributed by atoms with Gasteiger partial charge in [0.1, 0.15) is 11.1 Å². The lowest BCUT2D eigenvalue weighted by Gasteiger charge is -2.17. The van der Waals surface area contributed by atoms with Crippen LogP contribution in [-0.4, -0.2) is 37.1 Å². The molecule has 6 rings (SSSR count). The maximum absolute atomic E-state index is 13.3. The van der Waals surface area contributed by atoms with Crippen molar-refractivity contribution in [2.45, 2.75) is 31.6 Å². The van der Waals surface area contributed by atoms with Gasteiger partial charge in [0, 0.05) is 11.8 Å². The lowest BCUT2D eigenvalue weighted by atomic mass is 10.1. The van der Waals surface area contributed by atoms with Gasteiger partial charge in [-0.05, 0) is 60.4 Å². The van der Waals surface area contributed by atoms with E-state index in [1.54, 1.807) is 6.92 Å². The molecule has 2 saturated carbocycles. The minimum absolute atomic E-state index is 0.0541. The molecular weight excluding hydrogens is 642 g/mol. The molecule has 0 heterocycles. The van der Waals surface area contributed by atoms with Crippen molar-refractivity contribution in [1.29, 1.82) is 0 Å². The maximum atomic E-state index is 13.3. The van der Waals surface area contributed by atoms with Crippen molar-refractivity contribution < 1.29 is 38.1 Å². The van der Waals surface area contributed by atoms with Gasteiger partial charge in [0.15, 0.2) is 11.5 Å². The molecule has 0 saturated heterocycles. The van der Waals surface area contributed by atoms with E-state index >= 15 is 0 Å². The van der Waals surface area contributed by atoms with Crippen molar-refractivity contribution >= 4 is 52.3 Å². The number of benzene rings is 4. The third kappa shape index (κ3) is 6.97. The van der Waals surface area contributed by atoms with Gasteiger partial charge >= 0.3 is 23.9 Å². The zero-order chi connectivity index (χ0) is 35.7. The highest BCUT2D eigenvalue weighted by Gasteiger charge is 2.41. The van der Waals surface area contributed by atoms with Crippen LogP contribution in [0.25, 0.3) is 0 Å². The molecule has 2 aliphatic rings. The van der Waals surface area contributed by atoms with Crippen LogP contribution >= 0.6 is 0 Å². The summed E-state index contributed by atoms with van der Waals surface area (Å²) in [7, 11) is 0. The van der Waals surface area contributed by atoms with Crippen LogP contribution in [0.1, 0.15) is 62.1 Å². The van der Waals surface area contributed by atoms with Crippen molar-refractivity contribution in [3.63, 3.8) is 0 Å². The van der Waals surface area contributed by atoms with Gasteiger partial charge in [0.2, 0.25) is 0 Å². The molecule has 13 nitrogen and oxygen atoms in total. The molecule has 4 aromatic carbocycles. The first-order valence-electron chi connectivity index (χ1n) is 16.0. The molecule has 0 aromatic heterocycles. The number of aryl methyl sites for hydroxylation is 1. The monoisotopic (exact) mass is 679 g/mol. The summed E-state index contributed by atoms with van der Waals surface area (Å²) in [5.41, 5.74) is 31.6. The van der Waals surface area contributed by atoms with E-state index in [4.69, 9.17) is 47.6 Å². The second-order valence-electron chi connectivity index (χ2n) is 12.6. The number of anilines is 5. The summed E-state index contributed by atoms with van der Waals surface area (Å²) in [5.74, 6) is -5.45. The number of hydrogen-bond acceptors (Lipinski definition) is 13. The first-order chi connectivity index (χ1) is 23.9. The number of nitrogens with two attached hydrogens (primary N) is 5. The van der Waals surface area contributed by atoms with Gasteiger partial charge in [-0.15, -0.1) is 0 Å². The molecule has 10 N–H and O–H groups in total. The summed E-state index contributed by atoms with van der Waals surface area (Å²) in [4.78, 5) is 52.7. The van der Waals surface area contributed by atoms with Gasteiger partial charge in [-0.25, -0.2) is 19.2 Å². The standard InChI is InChI=1S/C37H37N5O8/c1-18-12-26(39)32(28(30(18)41)34(43)47-16-21-13-23(21)19-8-4-2-5-9-19)49-36(45)37(46)50-33-27(40)15-25(38)31(42)29(33)35(44)48-17-22-14-24(22)20-10-6-3-7-11-20/h2-12,15,21-24H,13-14,16-17,38-42H2,1H3. The average molecular weight is 680 g/mol. The molecule has 13 heteroatoms. The Hall–Kier alpha value is -6.24. The molecule has 2 fully saturated rings. The first-order valence-corrected chi connectivity index (χ1v) is 16.0. The van der Waals surface area contributed by atoms with Crippen LogP contribution in [0.5, 0.6) is 11.5 Å². The molecule has 0 radical (unpaired) electrons. The zero-order valence-electron chi connectivity index (χ0n) is 27.2. The van der Waals surface area contributed by atoms with Gasteiger partial charge in [0.05, 0.1) is 41.7 Å². The Balaban J connectivity index is 1.15. The number of carbonyl (C=O) groups excluding carboxylic acids is 4. The molecular formula is C37H37N5O8. The normalized spacial score (nSPS) is 18.8. The van der Waals surface area contributed by atoms with Crippen molar-refractivity contribution in [2.24, 2.45) is 11.8 Å². The highest BCUT2D eigenvalue weighted by molar-refractivity contribution is 6.31. The van der Waals surface area contributed by atoms with Crippen LogP contribution in [0, 0.1) is 18.8 Å². The fourth-order valence-corrected chi connectivity index (χ4v) is 6.05. The van der Waals surface area contributed by atoms with Crippen LogP contribution in [0.4, 0.5) is 28.4 Å². The number of carbonyl (C=O) groups is 4. The third-order valence-electron chi connectivity index (χ3n) is 9.06. The Morgan fingerprint density at radius 1 is 0.600 bits per heavy atom. The third-order valence-corrected chi connectivity index (χ3v) is 9.06. The smallest absolute Gasteiger partial charge is 0.423 e. The molecule has 0 amide bonds. The molecule has 0 spiro atoms. The molecule has 4 aromatic rings. The van der Waals surface area contributed by atoms with E-state index in [2.05, 4.69) is 0 Å². The van der Waals surface area contributed by atoms with Crippen molar-refractivity contribution in [3.8, 4) is 11.5 Å². The topological polar surface area (TPSA) is 235 Å². The van der Waals surface area contributed by atoms with Crippen molar-refractivity contribution in [1.82, 2.24) is 0 Å². The van der Waals surface area contributed by atoms with Gasteiger partial charge in [-0.2, -0.15) is 0 Å². The predicted octanol–water partition coefficient (Wildman–Crippen LogP) is 4.34. The van der Waals surface area contributed by atoms with E-state index in [0.29, 0.717) is 5.56 Å². The number of rotatable bonds is 10. The average Bonchev–Trinajstić information content (AvgIpc) is 4.04. The maximum Gasteiger partial charge on any atom is 0.423 e. The number of hydrogen-bond donors (Lipinski definition) is 5. The van der Waals surface area contributed by atoms with Crippen LogP contribution in [0.15, 0.2) is 72.8 Å². The fraction of sp³-hybridized carbons (Fsp3) is 0.243. The SMILES string of the molecule is Cc1cc(N)c(OC(=O)C(=O)Oc2c(N)cc(N)c(N)c2C(=O)OCC2CC2c2ccccc2)c(C(=O)OCC2CC2c2ccccc2)c1N. The van der Waals surface area contributed by atoms with E-state index < -0.39 is 40.9 Å². The van der Waals surface area contributed by atoms with E-state index in [0.717, 1.165) is 24.0 Å². The summed E-state index contributed by atoms with van der Waals surface area (Å²) < 4.78 is 21.6. The van der Waals surface area contributed by atoms with Crippen LogP contribution < -0.4 is 38.1 Å². The summed E-state index contributed by atoms with van der Waals surface area (Å²) in [6.07, 6.45) is 1.65. The summed E-state index contributed by atoms with van der Waals surface area (Å²) in [6, 6.07) is 22.2. The van der Waals surface area contributed by atoms with Gasteiger partial charge < -0.3 is 47.6 Å². The minimum atomic E-state index is -1.61. The summed E-state index contributed by atoms with van der Waals surface area (Å²) >= 11 is 0. The number of esters is 4. The lowest BCUT2D eigenvalue weighted by Crippen LogP contribution is -2.28. The highest BCUT2D eigenvalue weighted by Crippen LogP contribution is 2.49. The second-order valence-corrected chi connectivity index (χ2v) is 12.6. The van der Waals surface area contributed by atoms with Crippen LogP contribution in [0.2, 0.25) is 0 Å². The molecule has 0 aliphatic heterocycles. The summed E-state index contributed by atoms with van der Waals surface area (Å²) in [6.45, 7) is 1.75. The van der Waals surface area contributed by atoms with Crippen LogP contribution in [0.3, 0.4) is 0 Å². The van der Waals surface area contributed by atoms with Crippen molar-refractivity contribution in [3.05, 3.63) is 101 Å². The molecule has 4 atom stereocenters. The number of nitrogen functional groups attached to an aromatic ring is 5. The largest absolute Gasteiger partial charge is 0.462 e. The van der Waals surface area contributed by atoms with E-state index in [1.165, 1.54) is 12.1 Å².